The highest BCUT2D eigenvalue weighted by Gasteiger charge is 2.57. The van der Waals surface area contributed by atoms with Crippen molar-refractivity contribution in [3.63, 3.8) is 0 Å². The lowest BCUT2D eigenvalue weighted by Gasteiger charge is -2.12. The molecule has 2 aromatic rings. The molecule has 3 rings (SSSR count). The lowest BCUT2D eigenvalue weighted by atomic mass is 10.1. The molecular weight excluding hydrogens is 278 g/mol. The number of carboxylic acids is 1. The number of amides is 1. The summed E-state index contributed by atoms with van der Waals surface area (Å²) in [6, 6.07) is 4.41. The molecule has 1 aromatic carbocycles. The number of carbonyl (C=O) groups excluding carboxylic acids is 1. The molecule has 1 heterocycles. The Balaban J connectivity index is 2.09. The number of hydrogen-bond donors (Lipinski definition) is 4. The van der Waals surface area contributed by atoms with E-state index in [4.69, 9.17) is 5.11 Å². The third kappa shape index (κ3) is 1.92. The minimum absolute atomic E-state index is 0.0239. The zero-order chi connectivity index (χ0) is 15.2. The lowest BCUT2D eigenvalue weighted by Crippen LogP contribution is -2.32. The van der Waals surface area contributed by atoms with E-state index in [0.717, 1.165) is 0 Å². The molecule has 0 saturated heterocycles. The number of aromatic nitrogens is 2. The van der Waals surface area contributed by atoms with E-state index in [1.54, 1.807) is 0 Å². The molecule has 0 spiro atoms. The standard InChI is InChI=1S/C13H11N3O5/c17-9-6-2-1-3-7(8(6)10(18)16-15-9)14-11(19)13(4-5-13)12(20)21/h1-3H,4-5H2,(H,14,19)(H,15,17)(H,16,18)(H,20,21). The zero-order valence-corrected chi connectivity index (χ0v) is 10.7. The van der Waals surface area contributed by atoms with Crippen LogP contribution in [0.25, 0.3) is 10.8 Å². The van der Waals surface area contributed by atoms with Crippen molar-refractivity contribution in [3.05, 3.63) is 38.9 Å². The predicted molar refractivity (Wildman–Crippen MR) is 73.1 cm³/mol. The molecule has 8 heteroatoms. The number of H-pyrrole nitrogens is 2. The predicted octanol–water partition coefficient (Wildman–Crippen LogP) is 0.0197. The van der Waals surface area contributed by atoms with Gasteiger partial charge < -0.3 is 10.4 Å². The molecule has 108 valence electrons. The number of benzene rings is 1. The monoisotopic (exact) mass is 289 g/mol. The largest absolute Gasteiger partial charge is 0.480 e. The number of aliphatic carboxylic acids is 1. The summed E-state index contributed by atoms with van der Waals surface area (Å²) in [5, 5.41) is 16.0. The van der Waals surface area contributed by atoms with Crippen molar-refractivity contribution in [2.75, 3.05) is 5.32 Å². The second-order valence-corrected chi connectivity index (χ2v) is 4.98. The fraction of sp³-hybridized carbons (Fsp3) is 0.231. The van der Waals surface area contributed by atoms with Crippen molar-refractivity contribution >= 4 is 28.3 Å². The Kier molecular flexibility index (Phi) is 2.68. The second-order valence-electron chi connectivity index (χ2n) is 4.98. The van der Waals surface area contributed by atoms with Crippen LogP contribution in [0.1, 0.15) is 12.8 Å². The molecule has 1 aliphatic rings. The third-order valence-electron chi connectivity index (χ3n) is 3.67. The van der Waals surface area contributed by atoms with Gasteiger partial charge in [0.1, 0.15) is 5.41 Å². The Labute approximate surface area is 116 Å². The minimum Gasteiger partial charge on any atom is -0.480 e. The van der Waals surface area contributed by atoms with Gasteiger partial charge in [0.2, 0.25) is 5.91 Å². The van der Waals surface area contributed by atoms with Crippen LogP contribution in [0.4, 0.5) is 5.69 Å². The number of rotatable bonds is 3. The molecule has 1 amide bonds. The van der Waals surface area contributed by atoms with Crippen LogP contribution in [-0.2, 0) is 9.59 Å². The van der Waals surface area contributed by atoms with Gasteiger partial charge in [-0.05, 0) is 25.0 Å². The SMILES string of the molecule is O=C(O)C1(C(=O)Nc2cccc3c(=O)[nH][nH]c(=O)c23)CC1. The van der Waals surface area contributed by atoms with Crippen molar-refractivity contribution in [1.82, 2.24) is 10.2 Å². The summed E-state index contributed by atoms with van der Waals surface area (Å²) in [5.74, 6) is -1.87. The summed E-state index contributed by atoms with van der Waals surface area (Å²) in [6.45, 7) is 0. The molecule has 0 aliphatic heterocycles. The summed E-state index contributed by atoms with van der Waals surface area (Å²) < 4.78 is 0. The first-order valence-corrected chi connectivity index (χ1v) is 6.24. The van der Waals surface area contributed by atoms with E-state index in [0.29, 0.717) is 0 Å². The highest BCUT2D eigenvalue weighted by atomic mass is 16.4. The summed E-state index contributed by atoms with van der Waals surface area (Å²) in [7, 11) is 0. The number of carbonyl (C=O) groups is 2. The first-order valence-electron chi connectivity index (χ1n) is 6.24. The lowest BCUT2D eigenvalue weighted by molar-refractivity contribution is -0.147. The quantitative estimate of drug-likeness (QED) is 0.591. The van der Waals surface area contributed by atoms with Crippen LogP contribution in [0.5, 0.6) is 0 Å². The summed E-state index contributed by atoms with van der Waals surface area (Å²) in [4.78, 5) is 46.7. The van der Waals surface area contributed by atoms with Gasteiger partial charge in [0.25, 0.3) is 11.1 Å². The number of anilines is 1. The van der Waals surface area contributed by atoms with Crippen molar-refractivity contribution in [2.45, 2.75) is 12.8 Å². The average molecular weight is 289 g/mol. The fourth-order valence-electron chi connectivity index (χ4n) is 2.24. The third-order valence-corrected chi connectivity index (χ3v) is 3.67. The van der Waals surface area contributed by atoms with E-state index in [-0.39, 0.29) is 29.3 Å². The smallest absolute Gasteiger partial charge is 0.319 e. The Hall–Kier alpha value is -2.90. The van der Waals surface area contributed by atoms with Gasteiger partial charge in [0, 0.05) is 0 Å². The number of hydrogen-bond acceptors (Lipinski definition) is 4. The Morgan fingerprint density at radius 1 is 1.14 bits per heavy atom. The minimum atomic E-state index is -1.42. The van der Waals surface area contributed by atoms with Gasteiger partial charge in [-0.1, -0.05) is 6.07 Å². The van der Waals surface area contributed by atoms with E-state index in [1.165, 1.54) is 18.2 Å². The number of carboxylic acid groups (broad SMARTS) is 1. The molecule has 4 N–H and O–H groups in total. The maximum atomic E-state index is 12.1. The van der Waals surface area contributed by atoms with Gasteiger partial charge in [0.15, 0.2) is 0 Å². The van der Waals surface area contributed by atoms with E-state index in [9.17, 15) is 19.2 Å². The highest BCUT2D eigenvalue weighted by molar-refractivity contribution is 6.13. The number of nitrogens with one attached hydrogen (secondary N) is 3. The van der Waals surface area contributed by atoms with Gasteiger partial charge in [0.05, 0.1) is 16.5 Å². The maximum Gasteiger partial charge on any atom is 0.319 e. The van der Waals surface area contributed by atoms with E-state index in [1.807, 2.05) is 0 Å². The molecule has 0 unspecified atom stereocenters. The zero-order valence-electron chi connectivity index (χ0n) is 10.7. The van der Waals surface area contributed by atoms with Crippen LogP contribution >= 0.6 is 0 Å². The molecule has 0 bridgehead atoms. The number of fused-ring (bicyclic) bond motifs is 1. The molecular formula is C13H11N3O5. The van der Waals surface area contributed by atoms with Gasteiger partial charge in [-0.2, -0.15) is 0 Å². The average Bonchev–Trinajstić information content (AvgIpc) is 3.25. The first kappa shape index (κ1) is 13.1. The van der Waals surface area contributed by atoms with Crippen molar-refractivity contribution < 1.29 is 14.7 Å². The maximum absolute atomic E-state index is 12.1. The van der Waals surface area contributed by atoms with Crippen LogP contribution in [0.3, 0.4) is 0 Å². The second kappa shape index (κ2) is 4.30. The fourth-order valence-corrected chi connectivity index (χ4v) is 2.24. The van der Waals surface area contributed by atoms with Gasteiger partial charge in [-0.25, -0.2) is 0 Å². The van der Waals surface area contributed by atoms with Crippen LogP contribution < -0.4 is 16.4 Å². The molecule has 21 heavy (non-hydrogen) atoms. The van der Waals surface area contributed by atoms with E-state index < -0.39 is 28.4 Å². The number of aromatic amines is 2. The molecule has 1 aliphatic carbocycles. The van der Waals surface area contributed by atoms with Crippen LogP contribution in [0, 0.1) is 5.41 Å². The topological polar surface area (TPSA) is 132 Å². The van der Waals surface area contributed by atoms with E-state index >= 15 is 0 Å². The van der Waals surface area contributed by atoms with E-state index in [2.05, 4.69) is 15.5 Å². The molecule has 0 atom stereocenters. The molecule has 1 fully saturated rings. The van der Waals surface area contributed by atoms with Gasteiger partial charge >= 0.3 is 5.97 Å². The van der Waals surface area contributed by atoms with Crippen LogP contribution in [-0.4, -0.2) is 27.2 Å². The van der Waals surface area contributed by atoms with Crippen LogP contribution in [0.15, 0.2) is 27.8 Å². The first-order chi connectivity index (χ1) is 9.95. The summed E-state index contributed by atoms with van der Waals surface area (Å²) in [6.07, 6.45) is 0.520. The molecule has 1 saturated carbocycles. The Bertz CT molecular complexity index is 875. The van der Waals surface area contributed by atoms with Crippen molar-refractivity contribution in [1.29, 1.82) is 0 Å². The highest BCUT2D eigenvalue weighted by Crippen LogP contribution is 2.46. The van der Waals surface area contributed by atoms with Crippen molar-refractivity contribution in [2.24, 2.45) is 5.41 Å². The summed E-state index contributed by atoms with van der Waals surface area (Å²) >= 11 is 0. The van der Waals surface area contributed by atoms with Crippen LogP contribution in [0.2, 0.25) is 0 Å². The molecule has 8 nitrogen and oxygen atoms in total. The van der Waals surface area contributed by atoms with Gasteiger partial charge in [-0.3, -0.25) is 29.4 Å². The summed E-state index contributed by atoms with van der Waals surface area (Å²) in [5.41, 5.74) is -2.37. The normalized spacial score (nSPS) is 15.6. The molecule has 1 aromatic heterocycles. The van der Waals surface area contributed by atoms with Gasteiger partial charge in [-0.15, -0.1) is 0 Å². The Morgan fingerprint density at radius 2 is 1.81 bits per heavy atom. The van der Waals surface area contributed by atoms with Crippen molar-refractivity contribution in [3.8, 4) is 0 Å². The Morgan fingerprint density at radius 3 is 2.43 bits per heavy atom. The molecule has 0 radical (unpaired) electrons.